The Morgan fingerprint density at radius 2 is 2.05 bits per heavy atom. The Morgan fingerprint density at radius 3 is 2.75 bits per heavy atom. The molecule has 1 N–H and O–H groups in total. The highest BCUT2D eigenvalue weighted by Crippen LogP contribution is 2.37. The van der Waals surface area contributed by atoms with E-state index in [0.717, 1.165) is 16.0 Å². The molecule has 20 heavy (non-hydrogen) atoms. The Bertz CT molecular complexity index is 561. The normalized spacial score (nSPS) is 12.6. The van der Waals surface area contributed by atoms with Gasteiger partial charge in [-0.2, -0.15) is 0 Å². The summed E-state index contributed by atoms with van der Waals surface area (Å²) in [6.45, 7) is 5.38. The van der Waals surface area contributed by atoms with Gasteiger partial charge in [-0.1, -0.05) is 47.8 Å². The van der Waals surface area contributed by atoms with Gasteiger partial charge < -0.3 is 5.32 Å². The molecular formula is C16H19BrClNS. The molecule has 108 valence electrons. The van der Waals surface area contributed by atoms with Gasteiger partial charge in [-0.25, -0.2) is 0 Å². The summed E-state index contributed by atoms with van der Waals surface area (Å²) < 4.78 is 1.09. The van der Waals surface area contributed by atoms with Gasteiger partial charge >= 0.3 is 0 Å². The standard InChI is InChI=1S/C16H19BrClNS/c1-3-5-14(19-4-2)16-9-8-15(20-16)12-10-11(18)6-7-13(12)17/h6-10,14,19H,3-5H2,1-2H3. The number of hydrogen-bond acceptors (Lipinski definition) is 2. The van der Waals surface area contributed by atoms with Crippen molar-refractivity contribution in [1.82, 2.24) is 5.32 Å². The number of nitrogens with one attached hydrogen (secondary N) is 1. The first-order valence-electron chi connectivity index (χ1n) is 6.94. The lowest BCUT2D eigenvalue weighted by atomic mass is 10.1. The molecule has 1 heterocycles. The van der Waals surface area contributed by atoms with E-state index in [2.05, 4.69) is 47.2 Å². The molecule has 0 bridgehead atoms. The van der Waals surface area contributed by atoms with Gasteiger partial charge in [0.15, 0.2) is 0 Å². The average Bonchev–Trinajstić information content (AvgIpc) is 2.91. The van der Waals surface area contributed by atoms with Gasteiger partial charge in [-0.15, -0.1) is 11.3 Å². The molecule has 2 aromatic rings. The van der Waals surface area contributed by atoms with E-state index in [4.69, 9.17) is 11.6 Å². The Balaban J connectivity index is 2.29. The van der Waals surface area contributed by atoms with Gasteiger partial charge in [0.05, 0.1) is 0 Å². The number of thiophene rings is 1. The first-order valence-corrected chi connectivity index (χ1v) is 8.93. The van der Waals surface area contributed by atoms with Crippen LogP contribution in [0.25, 0.3) is 10.4 Å². The predicted octanol–water partition coefficient (Wildman–Crippen LogP) is 6.28. The lowest BCUT2D eigenvalue weighted by Crippen LogP contribution is -2.19. The Morgan fingerprint density at radius 1 is 1.25 bits per heavy atom. The molecule has 1 atom stereocenters. The van der Waals surface area contributed by atoms with Crippen LogP contribution in [-0.2, 0) is 0 Å². The predicted molar refractivity (Wildman–Crippen MR) is 93.8 cm³/mol. The van der Waals surface area contributed by atoms with Crippen LogP contribution >= 0.6 is 38.9 Å². The summed E-state index contributed by atoms with van der Waals surface area (Å²) >= 11 is 11.6. The van der Waals surface area contributed by atoms with E-state index in [0.29, 0.717) is 6.04 Å². The molecule has 0 saturated heterocycles. The van der Waals surface area contributed by atoms with Crippen LogP contribution in [0.4, 0.5) is 0 Å². The van der Waals surface area contributed by atoms with Gasteiger partial charge in [-0.3, -0.25) is 0 Å². The molecule has 0 aliphatic carbocycles. The smallest absolute Gasteiger partial charge is 0.0414 e. The van der Waals surface area contributed by atoms with Crippen LogP contribution in [0.15, 0.2) is 34.8 Å². The van der Waals surface area contributed by atoms with Crippen LogP contribution in [0.1, 0.15) is 37.6 Å². The van der Waals surface area contributed by atoms with Crippen LogP contribution in [0, 0.1) is 0 Å². The minimum atomic E-state index is 0.460. The summed E-state index contributed by atoms with van der Waals surface area (Å²) in [4.78, 5) is 2.66. The molecule has 0 fully saturated rings. The monoisotopic (exact) mass is 371 g/mol. The van der Waals surface area contributed by atoms with Crippen molar-refractivity contribution in [3.8, 4) is 10.4 Å². The maximum absolute atomic E-state index is 6.11. The fourth-order valence-corrected chi connectivity index (χ4v) is 4.16. The number of benzene rings is 1. The lowest BCUT2D eigenvalue weighted by molar-refractivity contribution is 0.516. The van der Waals surface area contributed by atoms with Crippen molar-refractivity contribution in [3.63, 3.8) is 0 Å². The molecule has 1 unspecified atom stereocenters. The summed E-state index contributed by atoms with van der Waals surface area (Å²) in [5.41, 5.74) is 1.17. The van der Waals surface area contributed by atoms with Gasteiger partial charge in [0.1, 0.15) is 0 Å². The van der Waals surface area contributed by atoms with Crippen molar-refractivity contribution in [2.45, 2.75) is 32.7 Å². The Labute approximate surface area is 138 Å². The maximum atomic E-state index is 6.11. The zero-order valence-corrected chi connectivity index (χ0v) is 14.9. The average molecular weight is 373 g/mol. The van der Waals surface area contributed by atoms with Crippen LogP contribution in [-0.4, -0.2) is 6.54 Å². The quantitative estimate of drug-likeness (QED) is 0.629. The number of rotatable bonds is 6. The fraction of sp³-hybridized carbons (Fsp3) is 0.375. The third kappa shape index (κ3) is 3.85. The number of halogens is 2. The summed E-state index contributed by atoms with van der Waals surface area (Å²) in [7, 11) is 0. The van der Waals surface area contributed by atoms with Crippen molar-refractivity contribution < 1.29 is 0 Å². The van der Waals surface area contributed by atoms with Crippen LogP contribution in [0.2, 0.25) is 5.02 Å². The highest BCUT2D eigenvalue weighted by molar-refractivity contribution is 9.10. The zero-order valence-electron chi connectivity index (χ0n) is 11.7. The molecule has 0 radical (unpaired) electrons. The molecule has 0 aliphatic rings. The molecule has 1 aromatic heterocycles. The van der Waals surface area contributed by atoms with E-state index in [1.54, 1.807) is 0 Å². The summed E-state index contributed by atoms with van der Waals surface area (Å²) in [6, 6.07) is 10.8. The third-order valence-electron chi connectivity index (χ3n) is 3.19. The second kappa shape index (κ2) is 7.60. The minimum Gasteiger partial charge on any atom is -0.310 e. The van der Waals surface area contributed by atoms with Crippen LogP contribution in [0.5, 0.6) is 0 Å². The molecule has 0 amide bonds. The van der Waals surface area contributed by atoms with E-state index in [9.17, 15) is 0 Å². The Hall–Kier alpha value is -0.350. The van der Waals surface area contributed by atoms with Crippen molar-refractivity contribution in [3.05, 3.63) is 44.7 Å². The van der Waals surface area contributed by atoms with E-state index in [-0.39, 0.29) is 0 Å². The molecule has 0 aliphatic heterocycles. The van der Waals surface area contributed by atoms with E-state index in [1.165, 1.54) is 28.2 Å². The third-order valence-corrected chi connectivity index (χ3v) is 5.35. The summed E-state index contributed by atoms with van der Waals surface area (Å²) in [5.74, 6) is 0. The summed E-state index contributed by atoms with van der Waals surface area (Å²) in [5, 5.41) is 4.34. The van der Waals surface area contributed by atoms with Crippen molar-refractivity contribution >= 4 is 38.9 Å². The molecule has 0 saturated carbocycles. The molecule has 2 rings (SSSR count). The van der Waals surface area contributed by atoms with Crippen molar-refractivity contribution in [1.29, 1.82) is 0 Å². The highest BCUT2D eigenvalue weighted by Gasteiger charge is 2.14. The van der Waals surface area contributed by atoms with Crippen molar-refractivity contribution in [2.24, 2.45) is 0 Å². The van der Waals surface area contributed by atoms with Gasteiger partial charge in [0.2, 0.25) is 0 Å². The van der Waals surface area contributed by atoms with Crippen LogP contribution in [0.3, 0.4) is 0 Å². The van der Waals surface area contributed by atoms with Crippen LogP contribution < -0.4 is 5.32 Å². The van der Waals surface area contributed by atoms with E-state index >= 15 is 0 Å². The first-order chi connectivity index (χ1) is 9.65. The molecule has 4 heteroatoms. The number of hydrogen-bond donors (Lipinski definition) is 1. The maximum Gasteiger partial charge on any atom is 0.0414 e. The second-order valence-corrected chi connectivity index (χ2v) is 7.13. The van der Waals surface area contributed by atoms with Gasteiger partial charge in [0, 0.05) is 30.9 Å². The topological polar surface area (TPSA) is 12.0 Å². The van der Waals surface area contributed by atoms with Gasteiger partial charge in [0.25, 0.3) is 0 Å². The molecule has 1 nitrogen and oxygen atoms in total. The second-order valence-electron chi connectivity index (χ2n) is 4.73. The van der Waals surface area contributed by atoms with E-state index < -0.39 is 0 Å². The molecule has 1 aromatic carbocycles. The van der Waals surface area contributed by atoms with Gasteiger partial charge in [-0.05, 0) is 43.3 Å². The first kappa shape index (κ1) is 16.0. The summed E-state index contributed by atoms with van der Waals surface area (Å²) in [6.07, 6.45) is 2.36. The fourth-order valence-electron chi connectivity index (χ4n) is 2.25. The zero-order chi connectivity index (χ0) is 14.5. The molecular weight excluding hydrogens is 354 g/mol. The minimum absolute atomic E-state index is 0.460. The largest absolute Gasteiger partial charge is 0.310 e. The lowest BCUT2D eigenvalue weighted by Gasteiger charge is -2.15. The SMILES string of the molecule is CCCC(NCC)c1ccc(-c2cc(Cl)ccc2Br)s1. The van der Waals surface area contributed by atoms with E-state index in [1.807, 2.05) is 29.5 Å². The van der Waals surface area contributed by atoms with Crippen molar-refractivity contribution in [2.75, 3.05) is 6.54 Å². The highest BCUT2D eigenvalue weighted by atomic mass is 79.9. The molecule has 0 spiro atoms. The Kier molecular flexibility index (Phi) is 6.09.